The van der Waals surface area contributed by atoms with Crippen LogP contribution in [0.4, 0.5) is 0 Å². The van der Waals surface area contributed by atoms with Crippen molar-refractivity contribution in [3.63, 3.8) is 0 Å². The van der Waals surface area contributed by atoms with Gasteiger partial charge in [-0.1, -0.05) is 20.3 Å². The van der Waals surface area contributed by atoms with Gasteiger partial charge in [0.25, 0.3) is 0 Å². The molecule has 3 rings (SSSR count). The smallest absolute Gasteiger partial charge is 0.220 e. The second kappa shape index (κ2) is 4.86. The van der Waals surface area contributed by atoms with Gasteiger partial charge in [0.05, 0.1) is 0 Å². The minimum atomic E-state index is 0.302. The van der Waals surface area contributed by atoms with Gasteiger partial charge in [-0.3, -0.25) is 4.79 Å². The van der Waals surface area contributed by atoms with Crippen LogP contribution < -0.4 is 5.32 Å². The predicted octanol–water partition coefficient (Wildman–Crippen LogP) is 3.36. The predicted molar refractivity (Wildman–Crippen MR) is 73.0 cm³/mol. The van der Waals surface area contributed by atoms with E-state index in [9.17, 15) is 4.79 Å². The summed E-state index contributed by atoms with van der Waals surface area (Å²) >= 11 is 0. The first kappa shape index (κ1) is 12.5. The number of hydrogen-bond acceptors (Lipinski definition) is 1. The van der Waals surface area contributed by atoms with Crippen LogP contribution in [-0.4, -0.2) is 11.9 Å². The van der Waals surface area contributed by atoms with E-state index in [2.05, 4.69) is 19.2 Å². The number of amides is 1. The molecular formula is C16H27NO. The topological polar surface area (TPSA) is 29.1 Å². The summed E-state index contributed by atoms with van der Waals surface area (Å²) in [6.45, 7) is 4.38. The van der Waals surface area contributed by atoms with Crippen LogP contribution in [0.3, 0.4) is 0 Å². The Bertz CT molecular complexity index is 325. The zero-order valence-electron chi connectivity index (χ0n) is 11.8. The molecule has 3 fully saturated rings. The molecule has 0 aromatic carbocycles. The molecule has 1 amide bonds. The highest BCUT2D eigenvalue weighted by Crippen LogP contribution is 2.58. The Labute approximate surface area is 111 Å². The molecule has 0 aromatic heterocycles. The fraction of sp³-hybridized carbons (Fsp3) is 0.938. The van der Waals surface area contributed by atoms with E-state index in [0.717, 1.165) is 36.5 Å². The minimum Gasteiger partial charge on any atom is -0.353 e. The van der Waals surface area contributed by atoms with Gasteiger partial charge in [-0.2, -0.15) is 0 Å². The van der Waals surface area contributed by atoms with Crippen molar-refractivity contribution in [1.29, 1.82) is 0 Å². The van der Waals surface area contributed by atoms with Crippen molar-refractivity contribution >= 4 is 5.91 Å². The van der Waals surface area contributed by atoms with Crippen LogP contribution in [-0.2, 0) is 4.79 Å². The van der Waals surface area contributed by atoms with Crippen molar-refractivity contribution in [1.82, 2.24) is 5.32 Å². The Morgan fingerprint density at radius 1 is 1.17 bits per heavy atom. The number of fused-ring (bicyclic) bond motifs is 5. The van der Waals surface area contributed by atoms with Crippen LogP contribution in [0.5, 0.6) is 0 Å². The number of carbonyl (C=O) groups excluding carboxylic acids is 1. The standard InChI is InChI=1S/C16H27NO/c1-10(2)6-7-16(18)17-15-9-11-8-14(15)13-5-3-4-12(11)13/h10-15H,3-9H2,1-2H3,(H,17,18). The second-order valence-corrected chi connectivity index (χ2v) is 7.26. The molecule has 3 aliphatic rings. The molecule has 102 valence electrons. The van der Waals surface area contributed by atoms with E-state index in [1.54, 1.807) is 0 Å². The second-order valence-electron chi connectivity index (χ2n) is 7.26. The molecule has 0 radical (unpaired) electrons. The number of nitrogens with one attached hydrogen (secondary N) is 1. The summed E-state index contributed by atoms with van der Waals surface area (Å²) in [6.07, 6.45) is 8.78. The molecule has 0 spiro atoms. The molecule has 3 saturated carbocycles. The third-order valence-electron chi connectivity index (χ3n) is 5.72. The molecule has 2 nitrogen and oxygen atoms in total. The highest BCUT2D eigenvalue weighted by atomic mass is 16.1. The van der Waals surface area contributed by atoms with E-state index in [4.69, 9.17) is 0 Å². The Morgan fingerprint density at radius 2 is 1.94 bits per heavy atom. The maximum atomic E-state index is 12.0. The zero-order valence-corrected chi connectivity index (χ0v) is 11.8. The van der Waals surface area contributed by atoms with Gasteiger partial charge in [0.1, 0.15) is 0 Å². The van der Waals surface area contributed by atoms with Gasteiger partial charge < -0.3 is 5.32 Å². The lowest BCUT2D eigenvalue weighted by Crippen LogP contribution is -2.42. The summed E-state index contributed by atoms with van der Waals surface area (Å²) in [5.41, 5.74) is 0. The molecule has 3 aliphatic carbocycles. The Morgan fingerprint density at radius 3 is 2.72 bits per heavy atom. The third kappa shape index (κ3) is 2.19. The molecule has 2 bridgehead atoms. The maximum Gasteiger partial charge on any atom is 0.220 e. The van der Waals surface area contributed by atoms with Gasteiger partial charge in [-0.15, -0.1) is 0 Å². The monoisotopic (exact) mass is 249 g/mol. The third-order valence-corrected chi connectivity index (χ3v) is 5.72. The van der Waals surface area contributed by atoms with Crippen molar-refractivity contribution in [2.45, 2.75) is 64.8 Å². The van der Waals surface area contributed by atoms with E-state index in [0.29, 0.717) is 17.9 Å². The minimum absolute atomic E-state index is 0.302. The fourth-order valence-electron chi connectivity index (χ4n) is 4.93. The van der Waals surface area contributed by atoms with Crippen LogP contribution in [0.2, 0.25) is 0 Å². The lowest BCUT2D eigenvalue weighted by Gasteiger charge is -2.32. The van der Waals surface area contributed by atoms with Gasteiger partial charge >= 0.3 is 0 Å². The molecule has 5 unspecified atom stereocenters. The van der Waals surface area contributed by atoms with Crippen LogP contribution in [0, 0.1) is 29.6 Å². The van der Waals surface area contributed by atoms with E-state index in [1.807, 2.05) is 0 Å². The van der Waals surface area contributed by atoms with Crippen molar-refractivity contribution in [2.24, 2.45) is 29.6 Å². The number of hydrogen-bond donors (Lipinski definition) is 1. The average molecular weight is 249 g/mol. The van der Waals surface area contributed by atoms with Crippen LogP contribution in [0.1, 0.15) is 58.8 Å². The lowest BCUT2D eigenvalue weighted by molar-refractivity contribution is -0.122. The molecule has 0 aromatic rings. The van der Waals surface area contributed by atoms with Gasteiger partial charge in [-0.05, 0) is 61.7 Å². The van der Waals surface area contributed by atoms with E-state index in [-0.39, 0.29) is 0 Å². The molecule has 0 aliphatic heterocycles. The summed E-state index contributed by atoms with van der Waals surface area (Å²) in [7, 11) is 0. The lowest BCUT2D eigenvalue weighted by atomic mass is 9.79. The summed E-state index contributed by atoms with van der Waals surface area (Å²) in [4.78, 5) is 12.0. The Hall–Kier alpha value is -0.530. The van der Waals surface area contributed by atoms with Crippen LogP contribution in [0.15, 0.2) is 0 Å². The highest BCUT2D eigenvalue weighted by Gasteiger charge is 2.53. The van der Waals surface area contributed by atoms with Crippen LogP contribution in [0.25, 0.3) is 0 Å². The van der Waals surface area contributed by atoms with Crippen molar-refractivity contribution in [2.75, 3.05) is 0 Å². The largest absolute Gasteiger partial charge is 0.353 e. The molecule has 1 N–H and O–H groups in total. The first-order valence-electron chi connectivity index (χ1n) is 7.94. The van der Waals surface area contributed by atoms with E-state index in [1.165, 1.54) is 32.1 Å². The summed E-state index contributed by atoms with van der Waals surface area (Å²) in [6, 6.07) is 0.522. The summed E-state index contributed by atoms with van der Waals surface area (Å²) < 4.78 is 0. The number of carbonyl (C=O) groups is 1. The molecule has 18 heavy (non-hydrogen) atoms. The molecule has 0 heterocycles. The number of rotatable bonds is 4. The normalized spacial score (nSPS) is 41.4. The van der Waals surface area contributed by atoms with E-state index < -0.39 is 0 Å². The van der Waals surface area contributed by atoms with Gasteiger partial charge in [0.15, 0.2) is 0 Å². The van der Waals surface area contributed by atoms with Gasteiger partial charge in [-0.25, -0.2) is 0 Å². The summed E-state index contributed by atoms with van der Waals surface area (Å²) in [5.74, 6) is 4.69. The maximum absolute atomic E-state index is 12.0. The molecular weight excluding hydrogens is 222 g/mol. The Balaban J connectivity index is 1.52. The van der Waals surface area contributed by atoms with Crippen molar-refractivity contribution in [3.05, 3.63) is 0 Å². The molecule has 2 heteroatoms. The van der Waals surface area contributed by atoms with Crippen LogP contribution >= 0.6 is 0 Å². The first-order chi connectivity index (χ1) is 8.65. The molecule has 0 saturated heterocycles. The quantitative estimate of drug-likeness (QED) is 0.813. The fourth-order valence-corrected chi connectivity index (χ4v) is 4.93. The Kier molecular flexibility index (Phi) is 3.38. The average Bonchev–Trinajstić information content (AvgIpc) is 2.97. The van der Waals surface area contributed by atoms with Crippen molar-refractivity contribution in [3.8, 4) is 0 Å². The zero-order chi connectivity index (χ0) is 12.7. The van der Waals surface area contributed by atoms with Gasteiger partial charge in [0, 0.05) is 12.5 Å². The van der Waals surface area contributed by atoms with Gasteiger partial charge in [0.2, 0.25) is 5.91 Å². The summed E-state index contributed by atoms with van der Waals surface area (Å²) in [5, 5.41) is 3.34. The molecule has 5 atom stereocenters. The first-order valence-corrected chi connectivity index (χ1v) is 7.94. The SMILES string of the molecule is CC(C)CCC(=O)NC1CC2CC1C1CCCC21. The highest BCUT2D eigenvalue weighted by molar-refractivity contribution is 5.76. The van der Waals surface area contributed by atoms with E-state index >= 15 is 0 Å². The van der Waals surface area contributed by atoms with Crippen molar-refractivity contribution < 1.29 is 4.79 Å².